The maximum atomic E-state index is 2.56. The van der Waals surface area contributed by atoms with Crippen LogP contribution < -0.4 is 0 Å². The normalized spacial score (nSPS) is 19.1. The van der Waals surface area contributed by atoms with Crippen molar-refractivity contribution < 1.29 is 17.4 Å². The van der Waals surface area contributed by atoms with Crippen LogP contribution in [0, 0.1) is 0 Å². The van der Waals surface area contributed by atoms with E-state index in [-0.39, 0.29) is 24.8 Å². The Morgan fingerprint density at radius 1 is 1.04 bits per heavy atom. The van der Waals surface area contributed by atoms with E-state index >= 15 is 0 Å². The van der Waals surface area contributed by atoms with Gasteiger partial charge in [-0.25, -0.2) is 0 Å². The number of rotatable bonds is 4. The van der Waals surface area contributed by atoms with Crippen LogP contribution in [0.15, 0.2) is 51.9 Å². The predicted molar refractivity (Wildman–Crippen MR) is 113 cm³/mol. The quantitative estimate of drug-likeness (QED) is 0.460. The number of hydrogen-bond donors (Lipinski definition) is 0. The van der Waals surface area contributed by atoms with Crippen LogP contribution in [0.3, 0.4) is 0 Å². The standard InChI is InChI=1S/C9H7.C5H5.2C3H7.2ClH.H2Si.Zr/c1-2-5-9-7-3-6-8(9)4-1;1-2-4-5-3-1;2*1-3-2;;;;/h1-7H;1-3H,4H2;2*3H,1-2H3;2*1H;1H2;. The smallest absolute Gasteiger partial charge is 0.147 e. The summed E-state index contributed by atoms with van der Waals surface area (Å²) >= 11 is -3.23. The molecular formula is C20H30Cl2SiZr. The first kappa shape index (κ1) is 22.2. The molecule has 1 aromatic rings. The topological polar surface area (TPSA) is 0 Å². The second kappa shape index (κ2) is 7.78. The van der Waals surface area contributed by atoms with Gasteiger partial charge in [-0.15, -0.1) is 24.8 Å². The molecule has 0 aliphatic heterocycles. The summed E-state index contributed by atoms with van der Waals surface area (Å²) in [5.41, 5.74) is 3.05. The van der Waals surface area contributed by atoms with Crippen molar-refractivity contribution in [2.75, 3.05) is 0 Å². The Morgan fingerprint density at radius 3 is 2.21 bits per heavy atom. The van der Waals surface area contributed by atoms with E-state index in [9.17, 15) is 0 Å². The zero-order chi connectivity index (χ0) is 16.0. The fourth-order valence-electron chi connectivity index (χ4n) is 5.07. The minimum atomic E-state index is -3.23. The largest absolute Gasteiger partial charge is 0.147 e. The van der Waals surface area contributed by atoms with Crippen molar-refractivity contribution in [3.8, 4) is 0 Å². The molecule has 0 nitrogen and oxygen atoms in total. The maximum absolute atomic E-state index is 3.23. The molecule has 1 unspecified atom stereocenters. The molecule has 24 heavy (non-hydrogen) atoms. The first-order valence-electron chi connectivity index (χ1n) is 8.57. The molecule has 132 valence electrons. The van der Waals surface area contributed by atoms with E-state index in [4.69, 9.17) is 0 Å². The summed E-state index contributed by atoms with van der Waals surface area (Å²) in [4.78, 5) is 0. The van der Waals surface area contributed by atoms with E-state index in [1.165, 1.54) is 12.0 Å². The molecule has 0 fully saturated rings. The average Bonchev–Trinajstić information content (AvgIpc) is 3.16. The van der Waals surface area contributed by atoms with E-state index in [0.29, 0.717) is 3.63 Å². The summed E-state index contributed by atoms with van der Waals surface area (Å²) in [5, 5.41) is 0. The van der Waals surface area contributed by atoms with Crippen LogP contribution in [0.25, 0.3) is 6.08 Å². The van der Waals surface area contributed by atoms with Gasteiger partial charge < -0.3 is 0 Å². The third-order valence-corrected chi connectivity index (χ3v) is 44.8. The van der Waals surface area contributed by atoms with Crippen LogP contribution in [0.1, 0.15) is 48.9 Å². The molecule has 0 aromatic heterocycles. The molecule has 0 N–H and O–H groups in total. The van der Waals surface area contributed by atoms with Crippen molar-refractivity contribution in [2.24, 2.45) is 0 Å². The Labute approximate surface area is 162 Å². The molecule has 0 amide bonds. The minimum absolute atomic E-state index is 0. The molecule has 0 saturated carbocycles. The monoisotopic (exact) mass is 458 g/mol. The SMILES string of the molecule is C[CH](C)[Zr](=[SiH2])([C]1=CC=CC1)([CH](C)C)[CH]1C=Cc2ccccc21.Cl.Cl. The first-order chi connectivity index (χ1) is 10.4. The van der Waals surface area contributed by atoms with Crippen LogP contribution in [-0.2, 0) is 17.4 Å². The van der Waals surface area contributed by atoms with Gasteiger partial charge >= 0.3 is 138 Å². The Hall–Kier alpha value is 0.120. The molecule has 1 atom stereocenters. The number of allylic oxidation sites excluding steroid dienone is 5. The second-order valence-electron chi connectivity index (χ2n) is 7.82. The van der Waals surface area contributed by atoms with Gasteiger partial charge in [0.25, 0.3) is 0 Å². The Kier molecular flexibility index (Phi) is 7.19. The maximum Gasteiger partial charge on any atom is -0.147 e. The van der Waals surface area contributed by atoms with Crippen molar-refractivity contribution >= 4 is 37.8 Å². The summed E-state index contributed by atoms with van der Waals surface area (Å²) in [7, 11) is 0. The molecule has 0 radical (unpaired) electrons. The van der Waals surface area contributed by atoms with Gasteiger partial charge in [-0.05, 0) is 0 Å². The van der Waals surface area contributed by atoms with E-state index in [2.05, 4.69) is 89.2 Å². The fourth-order valence-corrected chi connectivity index (χ4v) is 26.7. The summed E-state index contributed by atoms with van der Waals surface area (Å²) in [6.07, 6.45) is 13.3. The van der Waals surface area contributed by atoms with E-state index < -0.39 is 17.4 Å². The Balaban J connectivity index is 0.00000144. The molecule has 3 rings (SSSR count). The van der Waals surface area contributed by atoms with Crippen LogP contribution in [0.2, 0.25) is 7.25 Å². The molecule has 0 saturated heterocycles. The summed E-state index contributed by atoms with van der Waals surface area (Å²) in [6, 6.07) is 9.07. The van der Waals surface area contributed by atoms with Gasteiger partial charge in [0, 0.05) is 0 Å². The van der Waals surface area contributed by atoms with Crippen molar-refractivity contribution in [2.45, 2.75) is 45.0 Å². The molecule has 2 aliphatic carbocycles. The summed E-state index contributed by atoms with van der Waals surface area (Å²) in [5.74, 6) is 0. The molecule has 0 heterocycles. The number of benzene rings is 1. The van der Waals surface area contributed by atoms with Gasteiger partial charge in [-0.1, -0.05) is 0 Å². The third kappa shape index (κ3) is 2.82. The summed E-state index contributed by atoms with van der Waals surface area (Å²) < 4.78 is 4.05. The van der Waals surface area contributed by atoms with Crippen molar-refractivity contribution in [1.82, 2.24) is 0 Å². The number of hydrogen-bond acceptors (Lipinski definition) is 0. The number of halogens is 2. The minimum Gasteiger partial charge on any atom is -0.147 e. The van der Waals surface area contributed by atoms with Crippen LogP contribution in [0.5, 0.6) is 0 Å². The van der Waals surface area contributed by atoms with Gasteiger partial charge in [-0.2, -0.15) is 0 Å². The second-order valence-corrected chi connectivity index (χ2v) is 34.4. The Bertz CT molecular complexity index is 745. The molecule has 0 bridgehead atoms. The van der Waals surface area contributed by atoms with E-state index in [1.54, 1.807) is 5.56 Å². The molecule has 0 spiro atoms. The Morgan fingerprint density at radius 2 is 1.67 bits per heavy atom. The van der Waals surface area contributed by atoms with Gasteiger partial charge in [0.05, 0.1) is 0 Å². The van der Waals surface area contributed by atoms with Gasteiger partial charge in [0.2, 0.25) is 0 Å². The fraction of sp³-hybridized carbons (Fsp3) is 0.400. The zero-order valence-electron chi connectivity index (χ0n) is 15.2. The van der Waals surface area contributed by atoms with Gasteiger partial charge in [-0.3, -0.25) is 0 Å². The van der Waals surface area contributed by atoms with Crippen LogP contribution in [-0.4, -0.2) is 6.88 Å². The molecule has 4 heteroatoms. The molecule has 1 aromatic carbocycles. The van der Waals surface area contributed by atoms with Crippen molar-refractivity contribution in [3.05, 3.63) is 63.0 Å². The molecular weight excluding hydrogens is 430 g/mol. The van der Waals surface area contributed by atoms with Crippen molar-refractivity contribution in [3.63, 3.8) is 0 Å². The predicted octanol–water partition coefficient (Wildman–Crippen LogP) is 6.34. The van der Waals surface area contributed by atoms with Gasteiger partial charge in [0.1, 0.15) is 0 Å². The average molecular weight is 461 g/mol. The van der Waals surface area contributed by atoms with E-state index in [0.717, 1.165) is 7.25 Å². The molecule has 2 aliphatic rings. The van der Waals surface area contributed by atoms with Crippen molar-refractivity contribution in [1.29, 1.82) is 0 Å². The summed E-state index contributed by atoms with van der Waals surface area (Å²) in [6.45, 7) is 12.5. The van der Waals surface area contributed by atoms with Crippen LogP contribution >= 0.6 is 24.8 Å². The number of fused-ring (bicyclic) bond motifs is 1. The zero-order valence-corrected chi connectivity index (χ0v) is 20.7. The van der Waals surface area contributed by atoms with E-state index in [1.807, 2.05) is 3.28 Å². The van der Waals surface area contributed by atoms with Gasteiger partial charge in [0.15, 0.2) is 0 Å². The van der Waals surface area contributed by atoms with Crippen LogP contribution in [0.4, 0.5) is 0 Å². The third-order valence-electron chi connectivity index (χ3n) is 6.82. The first-order valence-corrected chi connectivity index (χ1v) is 20.0.